The van der Waals surface area contributed by atoms with Crippen molar-refractivity contribution in [2.24, 2.45) is 0 Å². The molecule has 1 heterocycles. The largest absolute Gasteiger partial charge is 0.361 e. The first-order valence-corrected chi connectivity index (χ1v) is 6.15. The average Bonchev–Trinajstić information content (AvgIpc) is 2.77. The summed E-state index contributed by atoms with van der Waals surface area (Å²) in [4.78, 5) is 11.7. The van der Waals surface area contributed by atoms with Crippen LogP contribution in [0.15, 0.2) is 22.4 Å². The fraction of sp³-hybridized carbons (Fsp3) is 0.538. The van der Waals surface area contributed by atoms with Crippen LogP contribution in [0.25, 0.3) is 0 Å². The van der Waals surface area contributed by atoms with Gasteiger partial charge in [-0.3, -0.25) is 4.79 Å². The smallest absolute Gasteiger partial charge is 0.256 e. The number of carbonyl (C=O) groups excluding carboxylic acids is 1. The summed E-state index contributed by atoms with van der Waals surface area (Å²) in [7, 11) is 0. The van der Waals surface area contributed by atoms with Gasteiger partial charge in [-0.25, -0.2) is 0 Å². The molecule has 1 aromatic rings. The van der Waals surface area contributed by atoms with Crippen LogP contribution in [-0.4, -0.2) is 17.6 Å². The molecule has 0 atom stereocenters. The minimum Gasteiger partial charge on any atom is -0.361 e. The van der Waals surface area contributed by atoms with Crippen molar-refractivity contribution in [1.82, 2.24) is 10.5 Å². The molecule has 0 spiro atoms. The Bertz CT molecular complexity index is 421. The number of nitrogens with one attached hydrogen (secondary N) is 1. The molecule has 1 aliphatic carbocycles. The van der Waals surface area contributed by atoms with Crippen LogP contribution in [-0.2, 0) is 0 Å². The van der Waals surface area contributed by atoms with Gasteiger partial charge in [0.15, 0.2) is 0 Å². The zero-order chi connectivity index (χ0) is 12.1. The fourth-order valence-corrected chi connectivity index (χ4v) is 2.08. The summed E-state index contributed by atoms with van der Waals surface area (Å²) < 4.78 is 4.86. The number of nitrogens with zero attached hydrogens (tertiary/aromatic N) is 1. The first-order valence-electron chi connectivity index (χ1n) is 6.15. The van der Waals surface area contributed by atoms with Crippen LogP contribution in [0.2, 0.25) is 0 Å². The molecule has 0 aliphatic heterocycles. The summed E-state index contributed by atoms with van der Waals surface area (Å²) in [6.45, 7) is 2.43. The average molecular weight is 234 g/mol. The van der Waals surface area contributed by atoms with E-state index in [0.29, 0.717) is 17.9 Å². The third-order valence-electron chi connectivity index (χ3n) is 3.11. The van der Waals surface area contributed by atoms with Crippen molar-refractivity contribution in [2.75, 3.05) is 6.54 Å². The Hall–Kier alpha value is -1.58. The SMILES string of the molecule is Cc1oncc1C(=O)NCCC1=CCCCC1. The minimum absolute atomic E-state index is 0.0971. The third-order valence-corrected chi connectivity index (χ3v) is 3.11. The molecule has 1 aliphatic rings. The molecule has 4 heteroatoms. The van der Waals surface area contributed by atoms with E-state index in [-0.39, 0.29) is 5.91 Å². The Labute approximate surface area is 101 Å². The van der Waals surface area contributed by atoms with Crippen LogP contribution < -0.4 is 5.32 Å². The summed E-state index contributed by atoms with van der Waals surface area (Å²) in [5.74, 6) is 0.472. The van der Waals surface area contributed by atoms with Gasteiger partial charge in [0.05, 0.1) is 6.20 Å². The van der Waals surface area contributed by atoms with E-state index in [1.165, 1.54) is 37.5 Å². The molecule has 0 saturated heterocycles. The van der Waals surface area contributed by atoms with Gasteiger partial charge in [0.2, 0.25) is 0 Å². The van der Waals surface area contributed by atoms with Crippen LogP contribution in [0.3, 0.4) is 0 Å². The summed E-state index contributed by atoms with van der Waals surface area (Å²) in [5.41, 5.74) is 2.00. The van der Waals surface area contributed by atoms with E-state index < -0.39 is 0 Å². The van der Waals surface area contributed by atoms with Crippen LogP contribution in [0.4, 0.5) is 0 Å². The second-order valence-corrected chi connectivity index (χ2v) is 4.41. The Kier molecular flexibility index (Phi) is 3.96. The van der Waals surface area contributed by atoms with E-state index in [0.717, 1.165) is 6.42 Å². The zero-order valence-electron chi connectivity index (χ0n) is 10.2. The number of amides is 1. The maximum atomic E-state index is 11.7. The molecule has 0 unspecified atom stereocenters. The Balaban J connectivity index is 1.77. The third kappa shape index (κ3) is 3.19. The lowest BCUT2D eigenvalue weighted by molar-refractivity contribution is 0.0952. The molecule has 4 nitrogen and oxygen atoms in total. The molecule has 92 valence electrons. The lowest BCUT2D eigenvalue weighted by Crippen LogP contribution is -2.25. The maximum Gasteiger partial charge on any atom is 0.256 e. The van der Waals surface area contributed by atoms with Crippen molar-refractivity contribution < 1.29 is 9.32 Å². The topological polar surface area (TPSA) is 55.1 Å². The number of aromatic nitrogens is 1. The molecule has 2 rings (SSSR count). The van der Waals surface area contributed by atoms with E-state index in [1.807, 2.05) is 0 Å². The number of carbonyl (C=O) groups is 1. The van der Waals surface area contributed by atoms with E-state index >= 15 is 0 Å². The van der Waals surface area contributed by atoms with Gasteiger partial charge in [0.1, 0.15) is 11.3 Å². The number of aryl methyl sites for hydroxylation is 1. The zero-order valence-corrected chi connectivity index (χ0v) is 10.2. The van der Waals surface area contributed by atoms with Gasteiger partial charge in [-0.1, -0.05) is 16.8 Å². The number of hydrogen-bond donors (Lipinski definition) is 1. The van der Waals surface area contributed by atoms with Crippen molar-refractivity contribution in [1.29, 1.82) is 0 Å². The van der Waals surface area contributed by atoms with Crippen LogP contribution in [0.1, 0.15) is 48.2 Å². The second kappa shape index (κ2) is 5.66. The summed E-state index contributed by atoms with van der Waals surface area (Å²) >= 11 is 0. The quantitative estimate of drug-likeness (QED) is 0.815. The van der Waals surface area contributed by atoms with Gasteiger partial charge in [-0.15, -0.1) is 0 Å². The minimum atomic E-state index is -0.0971. The number of hydrogen-bond acceptors (Lipinski definition) is 3. The van der Waals surface area contributed by atoms with Crippen molar-refractivity contribution in [3.05, 3.63) is 29.2 Å². The molecule has 0 bridgehead atoms. The lowest BCUT2D eigenvalue weighted by atomic mass is 9.97. The Morgan fingerprint density at radius 3 is 3.06 bits per heavy atom. The molecule has 1 N–H and O–H groups in total. The van der Waals surface area contributed by atoms with Crippen LogP contribution >= 0.6 is 0 Å². The molecule has 0 radical (unpaired) electrons. The van der Waals surface area contributed by atoms with Gasteiger partial charge in [-0.05, 0) is 39.0 Å². The number of allylic oxidation sites excluding steroid dienone is 1. The van der Waals surface area contributed by atoms with E-state index in [9.17, 15) is 4.79 Å². The van der Waals surface area contributed by atoms with Gasteiger partial charge in [0.25, 0.3) is 5.91 Å². The fourth-order valence-electron chi connectivity index (χ4n) is 2.08. The predicted octanol–water partition coefficient (Wildman–Crippen LogP) is 2.60. The Morgan fingerprint density at radius 2 is 2.41 bits per heavy atom. The van der Waals surface area contributed by atoms with E-state index in [1.54, 1.807) is 6.92 Å². The predicted molar refractivity (Wildman–Crippen MR) is 64.7 cm³/mol. The summed E-state index contributed by atoms with van der Waals surface area (Å²) in [6, 6.07) is 0. The molecule has 0 aromatic carbocycles. The van der Waals surface area contributed by atoms with Gasteiger partial charge >= 0.3 is 0 Å². The maximum absolute atomic E-state index is 11.7. The molecule has 0 fully saturated rings. The number of rotatable bonds is 4. The molecule has 0 saturated carbocycles. The molecular weight excluding hydrogens is 216 g/mol. The van der Waals surface area contributed by atoms with E-state index in [4.69, 9.17) is 4.52 Å². The Morgan fingerprint density at radius 1 is 1.53 bits per heavy atom. The monoisotopic (exact) mass is 234 g/mol. The summed E-state index contributed by atoms with van der Waals surface area (Å²) in [6.07, 6.45) is 9.68. The van der Waals surface area contributed by atoms with Crippen molar-refractivity contribution in [3.8, 4) is 0 Å². The molecule has 1 aromatic heterocycles. The van der Waals surface area contributed by atoms with Crippen molar-refractivity contribution >= 4 is 5.91 Å². The van der Waals surface area contributed by atoms with Crippen LogP contribution in [0.5, 0.6) is 0 Å². The normalized spacial score (nSPS) is 15.5. The molecule has 1 amide bonds. The highest BCUT2D eigenvalue weighted by Gasteiger charge is 2.12. The lowest BCUT2D eigenvalue weighted by Gasteiger charge is -2.12. The highest BCUT2D eigenvalue weighted by Crippen LogP contribution is 2.19. The molecular formula is C13H18N2O2. The van der Waals surface area contributed by atoms with Gasteiger partial charge in [0, 0.05) is 6.54 Å². The highest BCUT2D eigenvalue weighted by atomic mass is 16.5. The summed E-state index contributed by atoms with van der Waals surface area (Å²) in [5, 5.41) is 6.49. The van der Waals surface area contributed by atoms with Crippen LogP contribution in [0, 0.1) is 6.92 Å². The molecule has 17 heavy (non-hydrogen) atoms. The van der Waals surface area contributed by atoms with Crippen molar-refractivity contribution in [2.45, 2.75) is 39.0 Å². The van der Waals surface area contributed by atoms with Gasteiger partial charge in [-0.2, -0.15) is 0 Å². The first-order chi connectivity index (χ1) is 8.27. The highest BCUT2D eigenvalue weighted by molar-refractivity contribution is 5.94. The van der Waals surface area contributed by atoms with Gasteiger partial charge < -0.3 is 9.84 Å². The van der Waals surface area contributed by atoms with Crippen molar-refractivity contribution in [3.63, 3.8) is 0 Å². The van der Waals surface area contributed by atoms with E-state index in [2.05, 4.69) is 16.5 Å². The first kappa shape index (κ1) is 11.9. The standard InChI is InChI=1S/C13H18N2O2/c1-10-12(9-15-17-10)13(16)14-8-7-11-5-3-2-4-6-11/h5,9H,2-4,6-8H2,1H3,(H,14,16). The second-order valence-electron chi connectivity index (χ2n) is 4.41.